The number of nitrogens with zero attached hydrogens (tertiary/aromatic N) is 2. The number of guanidine groups is 1. The van der Waals surface area contributed by atoms with Crippen LogP contribution in [0.2, 0.25) is 0 Å². The molecule has 1 saturated carbocycles. The van der Waals surface area contributed by atoms with Crippen molar-refractivity contribution < 1.29 is 9.47 Å². The second-order valence-electron chi connectivity index (χ2n) is 6.86. The van der Waals surface area contributed by atoms with E-state index in [4.69, 9.17) is 9.47 Å². The molecule has 0 saturated heterocycles. The number of aliphatic imine (C=N–C) groups is 1. The summed E-state index contributed by atoms with van der Waals surface area (Å²) < 4.78 is 11.7. The van der Waals surface area contributed by atoms with Crippen molar-refractivity contribution >= 4 is 41.3 Å². The van der Waals surface area contributed by atoms with E-state index >= 15 is 0 Å². The molecule has 1 aliphatic rings. The summed E-state index contributed by atoms with van der Waals surface area (Å²) in [6, 6.07) is 6.08. The van der Waals surface area contributed by atoms with Crippen molar-refractivity contribution in [3.8, 4) is 11.5 Å². The molecule has 1 aromatic heterocycles. The summed E-state index contributed by atoms with van der Waals surface area (Å²) in [6.07, 6.45) is 8.01. The minimum atomic E-state index is 0. The summed E-state index contributed by atoms with van der Waals surface area (Å²) in [5.74, 6) is 2.36. The van der Waals surface area contributed by atoms with Gasteiger partial charge in [-0.2, -0.15) is 0 Å². The number of methoxy groups -OCH3 is 1. The minimum Gasteiger partial charge on any atom is -0.493 e. The predicted molar refractivity (Wildman–Crippen MR) is 130 cm³/mol. The zero-order valence-corrected chi connectivity index (χ0v) is 20.5. The number of thiazole rings is 1. The lowest BCUT2D eigenvalue weighted by Crippen LogP contribution is -2.36. The van der Waals surface area contributed by atoms with Crippen molar-refractivity contribution in [2.45, 2.75) is 58.2 Å². The number of aryl methyl sites for hydroxylation is 1. The number of aromatic nitrogens is 1. The first kappa shape index (κ1) is 23.7. The minimum absolute atomic E-state index is 0. The molecule has 160 valence electrons. The molecule has 29 heavy (non-hydrogen) atoms. The van der Waals surface area contributed by atoms with Crippen molar-refractivity contribution in [1.82, 2.24) is 15.6 Å². The highest BCUT2D eigenvalue weighted by Crippen LogP contribution is 2.32. The van der Waals surface area contributed by atoms with Gasteiger partial charge in [-0.15, -0.1) is 35.3 Å². The van der Waals surface area contributed by atoms with Gasteiger partial charge in [0.2, 0.25) is 0 Å². The van der Waals surface area contributed by atoms with Gasteiger partial charge in [0.15, 0.2) is 17.5 Å². The molecule has 0 atom stereocenters. The first-order chi connectivity index (χ1) is 13.7. The smallest absolute Gasteiger partial charge is 0.191 e. The Labute approximate surface area is 194 Å². The topological polar surface area (TPSA) is 67.8 Å². The molecule has 2 N–H and O–H groups in total. The largest absolute Gasteiger partial charge is 0.493 e. The number of rotatable bonds is 8. The van der Waals surface area contributed by atoms with E-state index in [0.717, 1.165) is 47.3 Å². The van der Waals surface area contributed by atoms with Crippen LogP contribution >= 0.6 is 35.3 Å². The Balaban J connectivity index is 0.00000300. The van der Waals surface area contributed by atoms with E-state index in [1.54, 1.807) is 25.5 Å². The fourth-order valence-electron chi connectivity index (χ4n) is 3.27. The Morgan fingerprint density at radius 2 is 1.97 bits per heavy atom. The van der Waals surface area contributed by atoms with Gasteiger partial charge in [-0.25, -0.2) is 4.98 Å². The summed E-state index contributed by atoms with van der Waals surface area (Å²) in [7, 11) is 3.46. The molecule has 0 bridgehead atoms. The first-order valence-corrected chi connectivity index (χ1v) is 10.7. The van der Waals surface area contributed by atoms with Gasteiger partial charge < -0.3 is 20.1 Å². The van der Waals surface area contributed by atoms with E-state index in [1.807, 2.05) is 12.3 Å². The van der Waals surface area contributed by atoms with Gasteiger partial charge in [-0.1, -0.05) is 13.0 Å². The summed E-state index contributed by atoms with van der Waals surface area (Å²) >= 11 is 1.73. The highest BCUT2D eigenvalue weighted by atomic mass is 127. The van der Waals surface area contributed by atoms with Crippen LogP contribution in [-0.4, -0.2) is 31.2 Å². The maximum atomic E-state index is 6.18. The summed E-state index contributed by atoms with van der Waals surface area (Å²) in [4.78, 5) is 10.0. The van der Waals surface area contributed by atoms with Crippen molar-refractivity contribution in [3.63, 3.8) is 0 Å². The van der Waals surface area contributed by atoms with Crippen LogP contribution in [0.1, 0.15) is 48.1 Å². The Bertz CT molecular complexity index is 791. The van der Waals surface area contributed by atoms with Gasteiger partial charge in [0.1, 0.15) is 5.01 Å². The van der Waals surface area contributed by atoms with Gasteiger partial charge in [-0.3, -0.25) is 4.99 Å². The Kier molecular flexibility index (Phi) is 9.99. The predicted octanol–water partition coefficient (Wildman–Crippen LogP) is 4.52. The van der Waals surface area contributed by atoms with E-state index in [0.29, 0.717) is 19.2 Å². The molecule has 0 unspecified atom stereocenters. The monoisotopic (exact) mass is 530 g/mol. The number of benzene rings is 1. The van der Waals surface area contributed by atoms with Crippen LogP contribution in [0.3, 0.4) is 0 Å². The van der Waals surface area contributed by atoms with E-state index < -0.39 is 0 Å². The normalized spacial score (nSPS) is 14.4. The van der Waals surface area contributed by atoms with Gasteiger partial charge in [-0.05, 0) is 49.8 Å². The lowest BCUT2D eigenvalue weighted by atomic mass is 10.2. The molecule has 0 spiro atoms. The van der Waals surface area contributed by atoms with Gasteiger partial charge in [0, 0.05) is 24.7 Å². The maximum absolute atomic E-state index is 6.18. The SMILES string of the molecule is CCc1cnc(CNC(=NC)NCc2ccc(OC)c(OC3CCCC3)c2)s1.I. The molecular weight excluding hydrogens is 499 g/mol. The van der Waals surface area contributed by atoms with E-state index in [1.165, 1.54) is 17.7 Å². The molecule has 3 rings (SSSR count). The average Bonchev–Trinajstić information content (AvgIpc) is 3.40. The quantitative estimate of drug-likeness (QED) is 0.299. The fourth-order valence-corrected chi connectivity index (χ4v) is 4.07. The van der Waals surface area contributed by atoms with Crippen LogP contribution in [0.25, 0.3) is 0 Å². The molecule has 1 aliphatic carbocycles. The Hall–Kier alpha value is -1.55. The van der Waals surface area contributed by atoms with Crippen molar-refractivity contribution in [1.29, 1.82) is 0 Å². The highest BCUT2D eigenvalue weighted by molar-refractivity contribution is 14.0. The van der Waals surface area contributed by atoms with E-state index in [-0.39, 0.29) is 24.0 Å². The molecule has 0 radical (unpaired) electrons. The van der Waals surface area contributed by atoms with Crippen molar-refractivity contribution in [2.75, 3.05) is 14.2 Å². The van der Waals surface area contributed by atoms with Crippen molar-refractivity contribution in [3.05, 3.63) is 39.8 Å². The Morgan fingerprint density at radius 3 is 2.62 bits per heavy atom. The van der Waals surface area contributed by atoms with Gasteiger partial charge in [0.05, 0.1) is 19.8 Å². The first-order valence-electron chi connectivity index (χ1n) is 9.93. The fraction of sp³-hybridized carbons (Fsp3) is 0.524. The molecule has 1 heterocycles. The number of nitrogens with one attached hydrogen (secondary N) is 2. The zero-order valence-electron chi connectivity index (χ0n) is 17.4. The molecule has 0 aliphatic heterocycles. The lowest BCUT2D eigenvalue weighted by molar-refractivity contribution is 0.200. The molecule has 1 aromatic carbocycles. The summed E-state index contributed by atoms with van der Waals surface area (Å²) in [6.45, 7) is 3.47. The maximum Gasteiger partial charge on any atom is 0.191 e. The molecule has 2 aromatic rings. The zero-order chi connectivity index (χ0) is 19.8. The molecular formula is C21H31IN4O2S. The van der Waals surface area contributed by atoms with Crippen LogP contribution < -0.4 is 20.1 Å². The molecule has 1 fully saturated rings. The number of hydrogen-bond acceptors (Lipinski definition) is 5. The van der Waals surface area contributed by atoms with E-state index in [2.05, 4.69) is 39.7 Å². The molecule has 6 nitrogen and oxygen atoms in total. The van der Waals surface area contributed by atoms with Crippen LogP contribution in [0.4, 0.5) is 0 Å². The Morgan fingerprint density at radius 1 is 1.21 bits per heavy atom. The third-order valence-corrected chi connectivity index (χ3v) is 6.01. The third-order valence-electron chi connectivity index (χ3n) is 4.86. The molecule has 8 heteroatoms. The number of ether oxygens (including phenoxy) is 2. The lowest BCUT2D eigenvalue weighted by Gasteiger charge is -2.17. The second kappa shape index (κ2) is 12.2. The molecule has 0 amide bonds. The number of halogens is 1. The average molecular weight is 530 g/mol. The van der Waals surface area contributed by atoms with Gasteiger partial charge in [0.25, 0.3) is 0 Å². The van der Waals surface area contributed by atoms with Crippen LogP contribution in [0.5, 0.6) is 11.5 Å². The second-order valence-corrected chi connectivity index (χ2v) is 8.06. The standard InChI is InChI=1S/C21H30N4O2S.HI/c1-4-17-13-23-20(28-17)14-25-21(22-2)24-12-15-9-10-18(26-3)19(11-15)27-16-7-5-6-8-16;/h9-11,13,16H,4-8,12,14H2,1-3H3,(H2,22,24,25);1H. The summed E-state index contributed by atoms with van der Waals surface area (Å²) in [5, 5.41) is 7.74. The third kappa shape index (κ3) is 7.02. The van der Waals surface area contributed by atoms with Crippen LogP contribution in [0, 0.1) is 0 Å². The highest BCUT2D eigenvalue weighted by Gasteiger charge is 2.18. The van der Waals surface area contributed by atoms with Crippen LogP contribution in [0.15, 0.2) is 29.4 Å². The van der Waals surface area contributed by atoms with E-state index in [9.17, 15) is 0 Å². The van der Waals surface area contributed by atoms with Crippen molar-refractivity contribution in [2.24, 2.45) is 4.99 Å². The number of hydrogen-bond donors (Lipinski definition) is 2. The summed E-state index contributed by atoms with van der Waals surface area (Å²) in [5.41, 5.74) is 1.12. The van der Waals surface area contributed by atoms with Gasteiger partial charge >= 0.3 is 0 Å². The van der Waals surface area contributed by atoms with Crippen LogP contribution in [-0.2, 0) is 19.5 Å².